The summed E-state index contributed by atoms with van der Waals surface area (Å²) in [4.78, 5) is 13.2. The topological polar surface area (TPSA) is 71.8 Å². The van der Waals surface area contributed by atoms with Crippen LogP contribution in [0.4, 0.5) is 18.9 Å². The first-order valence-electron chi connectivity index (χ1n) is 10.2. The molecule has 0 spiro atoms. The predicted octanol–water partition coefficient (Wildman–Crippen LogP) is 4.96. The van der Waals surface area contributed by atoms with E-state index in [1.54, 1.807) is 4.68 Å². The standard InChI is InChI=1S/C22H22F3N5OS/c1-3-6-17-27-28-21-30(17)29-18(14-11-9-13(2)10-12-14)19(32-21)20(31)26-16-8-5-4-7-15(16)22(23,24)25/h4-5,7-12,18-19,29H,3,6H2,1-2H3,(H,26,31)/t18-,19-/m0/s1. The molecule has 2 N–H and O–H groups in total. The molecular weight excluding hydrogens is 439 g/mol. The smallest absolute Gasteiger partial charge is 0.324 e. The largest absolute Gasteiger partial charge is 0.418 e. The van der Waals surface area contributed by atoms with Crippen LogP contribution in [0.2, 0.25) is 0 Å². The maximum atomic E-state index is 13.4. The number of hydrogen-bond donors (Lipinski definition) is 2. The van der Waals surface area contributed by atoms with Gasteiger partial charge in [0.2, 0.25) is 11.1 Å². The summed E-state index contributed by atoms with van der Waals surface area (Å²) in [5.41, 5.74) is 4.06. The van der Waals surface area contributed by atoms with E-state index >= 15 is 0 Å². The zero-order valence-corrected chi connectivity index (χ0v) is 18.3. The summed E-state index contributed by atoms with van der Waals surface area (Å²) in [7, 11) is 0. The highest BCUT2D eigenvalue weighted by Crippen LogP contribution is 2.39. The molecule has 2 heterocycles. The van der Waals surface area contributed by atoms with E-state index < -0.39 is 28.9 Å². The van der Waals surface area contributed by atoms with Crippen LogP contribution in [0.3, 0.4) is 0 Å². The summed E-state index contributed by atoms with van der Waals surface area (Å²) >= 11 is 1.19. The number of thioether (sulfide) groups is 1. The van der Waals surface area contributed by atoms with Crippen LogP contribution in [0, 0.1) is 6.92 Å². The van der Waals surface area contributed by atoms with Crippen LogP contribution in [0.5, 0.6) is 0 Å². The van der Waals surface area contributed by atoms with E-state index in [9.17, 15) is 18.0 Å². The van der Waals surface area contributed by atoms with Gasteiger partial charge in [-0.15, -0.1) is 10.2 Å². The quantitative estimate of drug-likeness (QED) is 0.562. The molecule has 1 amide bonds. The zero-order valence-electron chi connectivity index (χ0n) is 17.5. The molecule has 32 heavy (non-hydrogen) atoms. The lowest BCUT2D eigenvalue weighted by Crippen LogP contribution is -2.41. The zero-order chi connectivity index (χ0) is 22.9. The molecule has 2 atom stereocenters. The molecule has 6 nitrogen and oxygen atoms in total. The van der Waals surface area contributed by atoms with Crippen LogP contribution in [0.15, 0.2) is 53.7 Å². The number of aromatic nitrogens is 3. The van der Waals surface area contributed by atoms with Gasteiger partial charge in [-0.25, -0.2) is 4.68 Å². The number of anilines is 1. The van der Waals surface area contributed by atoms with Crippen molar-refractivity contribution >= 4 is 23.4 Å². The van der Waals surface area contributed by atoms with E-state index in [2.05, 4.69) is 20.9 Å². The molecule has 0 aliphatic carbocycles. The number of carbonyl (C=O) groups is 1. The minimum absolute atomic E-state index is 0.271. The van der Waals surface area contributed by atoms with E-state index in [4.69, 9.17) is 0 Å². The Labute approximate surface area is 187 Å². The molecule has 1 aliphatic heterocycles. The number of aryl methyl sites for hydroxylation is 2. The lowest BCUT2D eigenvalue weighted by Gasteiger charge is -2.33. The third-order valence-electron chi connectivity index (χ3n) is 5.16. The van der Waals surface area contributed by atoms with Crippen molar-refractivity contribution in [2.75, 3.05) is 10.7 Å². The highest BCUT2D eigenvalue weighted by molar-refractivity contribution is 8.00. The number of halogens is 3. The molecule has 1 aliphatic rings. The van der Waals surface area contributed by atoms with Gasteiger partial charge < -0.3 is 10.7 Å². The molecule has 168 valence electrons. The van der Waals surface area contributed by atoms with Gasteiger partial charge >= 0.3 is 6.18 Å². The second-order valence-corrected chi connectivity index (χ2v) is 8.68. The number of rotatable bonds is 5. The lowest BCUT2D eigenvalue weighted by atomic mass is 10.0. The Hall–Kier alpha value is -3.01. The van der Waals surface area contributed by atoms with Crippen LogP contribution in [-0.4, -0.2) is 26.0 Å². The first-order chi connectivity index (χ1) is 15.3. The molecule has 3 aromatic rings. The van der Waals surface area contributed by atoms with E-state index in [1.165, 1.54) is 30.0 Å². The molecule has 2 aromatic carbocycles. The van der Waals surface area contributed by atoms with Crippen LogP contribution >= 0.6 is 11.8 Å². The summed E-state index contributed by atoms with van der Waals surface area (Å²) in [6, 6.07) is 12.2. The molecule has 0 fully saturated rings. The molecule has 10 heteroatoms. The fourth-order valence-corrected chi connectivity index (χ4v) is 4.65. The van der Waals surface area contributed by atoms with Crippen LogP contribution in [0.1, 0.15) is 41.9 Å². The molecule has 4 rings (SSSR count). The van der Waals surface area contributed by atoms with Gasteiger partial charge in [-0.1, -0.05) is 60.6 Å². The Bertz CT molecular complexity index is 1110. The minimum atomic E-state index is -4.58. The van der Waals surface area contributed by atoms with E-state index in [0.29, 0.717) is 11.6 Å². The average molecular weight is 462 g/mol. The summed E-state index contributed by atoms with van der Waals surface area (Å²) < 4.78 is 42.0. The SMILES string of the molecule is CCCc1nnc2n1N[C@@H](c1ccc(C)cc1)[C@@H](C(=O)Nc1ccccc1C(F)(F)F)S2. The van der Waals surface area contributed by atoms with E-state index in [1.807, 2.05) is 38.1 Å². The van der Waals surface area contributed by atoms with Crippen LogP contribution in [-0.2, 0) is 17.4 Å². The first kappa shape index (κ1) is 22.2. The second-order valence-electron chi connectivity index (χ2n) is 7.57. The number of alkyl halides is 3. The number of hydrogen-bond acceptors (Lipinski definition) is 5. The minimum Gasteiger partial charge on any atom is -0.324 e. The molecule has 0 unspecified atom stereocenters. The van der Waals surface area contributed by atoms with Gasteiger partial charge in [0.25, 0.3) is 0 Å². The number of nitrogens with zero attached hydrogens (tertiary/aromatic N) is 3. The summed E-state index contributed by atoms with van der Waals surface area (Å²) in [6.07, 6.45) is -3.00. The monoisotopic (exact) mass is 461 g/mol. The van der Waals surface area contributed by atoms with Crippen molar-refractivity contribution in [1.29, 1.82) is 0 Å². The summed E-state index contributed by atoms with van der Waals surface area (Å²) in [5.74, 6) is 0.199. The number of amides is 1. The summed E-state index contributed by atoms with van der Waals surface area (Å²) in [6.45, 7) is 3.99. The highest BCUT2D eigenvalue weighted by atomic mass is 32.2. The highest BCUT2D eigenvalue weighted by Gasteiger charge is 2.39. The van der Waals surface area contributed by atoms with Crippen LogP contribution < -0.4 is 10.7 Å². The first-order valence-corrected chi connectivity index (χ1v) is 11.1. The number of nitrogens with one attached hydrogen (secondary N) is 2. The van der Waals surface area contributed by atoms with E-state index in [0.717, 1.165) is 29.4 Å². The van der Waals surface area contributed by atoms with Gasteiger partial charge in [-0.3, -0.25) is 4.79 Å². The maximum Gasteiger partial charge on any atom is 0.418 e. The average Bonchev–Trinajstić information content (AvgIpc) is 3.15. The van der Waals surface area contributed by atoms with Crippen molar-refractivity contribution < 1.29 is 18.0 Å². The number of para-hydroxylation sites is 1. The van der Waals surface area contributed by atoms with Gasteiger partial charge in [-0.2, -0.15) is 13.2 Å². The molecule has 0 bridgehead atoms. The Morgan fingerprint density at radius 3 is 2.56 bits per heavy atom. The third kappa shape index (κ3) is 4.45. The Kier molecular flexibility index (Phi) is 6.14. The fourth-order valence-electron chi connectivity index (χ4n) is 3.55. The molecule has 1 aromatic heterocycles. The molecule has 0 saturated heterocycles. The fraction of sp³-hybridized carbons (Fsp3) is 0.318. The number of fused-ring (bicyclic) bond motifs is 1. The van der Waals surface area contributed by atoms with E-state index in [-0.39, 0.29) is 5.69 Å². The van der Waals surface area contributed by atoms with Crippen LogP contribution in [0.25, 0.3) is 0 Å². The normalized spacial score (nSPS) is 18.0. The maximum absolute atomic E-state index is 13.4. The van der Waals surface area contributed by atoms with Gasteiger partial charge in [0.1, 0.15) is 5.25 Å². The van der Waals surface area contributed by atoms with Gasteiger partial charge in [0.15, 0.2) is 5.82 Å². The van der Waals surface area contributed by atoms with Crippen molar-refractivity contribution in [2.24, 2.45) is 0 Å². The third-order valence-corrected chi connectivity index (χ3v) is 6.38. The summed E-state index contributed by atoms with van der Waals surface area (Å²) in [5, 5.41) is 10.6. The Morgan fingerprint density at radius 2 is 1.88 bits per heavy atom. The van der Waals surface area contributed by atoms with Crippen molar-refractivity contribution in [3.05, 3.63) is 71.0 Å². The van der Waals surface area contributed by atoms with Crippen molar-refractivity contribution in [1.82, 2.24) is 14.9 Å². The molecule has 0 radical (unpaired) electrons. The Balaban J connectivity index is 1.68. The number of benzene rings is 2. The van der Waals surface area contributed by atoms with Gasteiger partial charge in [0.05, 0.1) is 17.3 Å². The Morgan fingerprint density at radius 1 is 1.16 bits per heavy atom. The number of carbonyl (C=O) groups excluding carboxylic acids is 1. The van der Waals surface area contributed by atoms with Crippen molar-refractivity contribution in [2.45, 2.75) is 49.3 Å². The molecular formula is C22H22F3N5OS. The predicted molar refractivity (Wildman–Crippen MR) is 117 cm³/mol. The van der Waals surface area contributed by atoms with Gasteiger partial charge in [0, 0.05) is 6.42 Å². The van der Waals surface area contributed by atoms with Crippen molar-refractivity contribution in [3.8, 4) is 0 Å². The van der Waals surface area contributed by atoms with Gasteiger partial charge in [-0.05, 0) is 31.0 Å². The van der Waals surface area contributed by atoms with Crippen molar-refractivity contribution in [3.63, 3.8) is 0 Å². The second kappa shape index (κ2) is 8.85. The lowest BCUT2D eigenvalue weighted by molar-refractivity contribution is -0.137. The molecule has 0 saturated carbocycles.